The molecule has 6 heteroatoms. The molecule has 0 unspecified atom stereocenters. The summed E-state index contributed by atoms with van der Waals surface area (Å²) in [6.07, 6.45) is 5.29. The summed E-state index contributed by atoms with van der Waals surface area (Å²) in [5.41, 5.74) is 1.80. The fraction of sp³-hybridized carbons (Fsp3) is 0.267. The van der Waals surface area contributed by atoms with Crippen LogP contribution in [0.3, 0.4) is 0 Å². The summed E-state index contributed by atoms with van der Waals surface area (Å²) in [5, 5.41) is 4.89. The maximum atomic E-state index is 13.5. The van der Waals surface area contributed by atoms with Gasteiger partial charge in [0.2, 0.25) is 0 Å². The maximum Gasteiger partial charge on any atom is 0.140 e. The van der Waals surface area contributed by atoms with Crippen LogP contribution in [-0.2, 0) is 7.05 Å². The van der Waals surface area contributed by atoms with Gasteiger partial charge in [-0.2, -0.15) is 5.10 Å². The molecular weight excluding hydrogens is 269 g/mol. The first-order chi connectivity index (χ1) is 10.1. The third-order valence-corrected chi connectivity index (χ3v) is 3.70. The molecule has 0 N–H and O–H groups in total. The molecule has 3 rings (SSSR count). The third-order valence-electron chi connectivity index (χ3n) is 3.70. The molecule has 5 nitrogen and oxygen atoms in total. The summed E-state index contributed by atoms with van der Waals surface area (Å²) in [5.74, 6) is 0.414. The molecule has 0 aliphatic rings. The number of fused-ring (bicyclic) bond motifs is 1. The number of hydrogen-bond donors (Lipinski definition) is 0. The summed E-state index contributed by atoms with van der Waals surface area (Å²) < 4.78 is 15.3. The van der Waals surface area contributed by atoms with Crippen LogP contribution in [0.15, 0.2) is 36.9 Å². The number of halogens is 1. The number of nitrogens with zero attached hydrogens (tertiary/aromatic N) is 5. The molecule has 21 heavy (non-hydrogen) atoms. The smallest absolute Gasteiger partial charge is 0.140 e. The van der Waals surface area contributed by atoms with E-state index in [2.05, 4.69) is 22.0 Å². The van der Waals surface area contributed by atoms with E-state index in [9.17, 15) is 4.39 Å². The average Bonchev–Trinajstić information content (AvgIpc) is 2.91. The van der Waals surface area contributed by atoms with Gasteiger partial charge in [0, 0.05) is 31.2 Å². The van der Waals surface area contributed by atoms with Gasteiger partial charge in [0.05, 0.1) is 17.8 Å². The van der Waals surface area contributed by atoms with E-state index in [1.54, 1.807) is 10.7 Å². The van der Waals surface area contributed by atoms with Gasteiger partial charge in [-0.3, -0.25) is 4.68 Å². The quantitative estimate of drug-likeness (QED) is 0.742. The lowest BCUT2D eigenvalue weighted by Crippen LogP contribution is -2.22. The molecule has 0 bridgehead atoms. The van der Waals surface area contributed by atoms with Crippen molar-refractivity contribution in [3.63, 3.8) is 0 Å². The van der Waals surface area contributed by atoms with E-state index >= 15 is 0 Å². The van der Waals surface area contributed by atoms with Crippen LogP contribution < -0.4 is 4.90 Å². The Kier molecular flexibility index (Phi) is 3.29. The molecule has 1 aromatic carbocycles. The fourth-order valence-electron chi connectivity index (χ4n) is 2.36. The summed E-state index contributed by atoms with van der Waals surface area (Å²) in [4.78, 5) is 10.5. The third kappa shape index (κ3) is 2.44. The highest BCUT2D eigenvalue weighted by Gasteiger charge is 2.17. The number of aromatic nitrogens is 4. The second-order valence-electron chi connectivity index (χ2n) is 5.09. The largest absolute Gasteiger partial charge is 0.352 e. The van der Waals surface area contributed by atoms with Crippen molar-refractivity contribution in [2.24, 2.45) is 7.05 Å². The van der Waals surface area contributed by atoms with E-state index < -0.39 is 0 Å². The van der Waals surface area contributed by atoms with Gasteiger partial charge < -0.3 is 4.90 Å². The Hall–Kier alpha value is -2.50. The first-order valence-electron chi connectivity index (χ1n) is 6.68. The van der Waals surface area contributed by atoms with E-state index in [0.717, 1.165) is 11.1 Å². The van der Waals surface area contributed by atoms with Crippen molar-refractivity contribution < 1.29 is 4.39 Å². The summed E-state index contributed by atoms with van der Waals surface area (Å²) >= 11 is 0. The average molecular weight is 285 g/mol. The minimum absolute atomic E-state index is 0.0695. The fourth-order valence-corrected chi connectivity index (χ4v) is 2.36. The zero-order valence-corrected chi connectivity index (χ0v) is 12.2. The predicted octanol–water partition coefficient (Wildman–Crippen LogP) is 2.70. The van der Waals surface area contributed by atoms with Gasteiger partial charge in [-0.05, 0) is 25.1 Å². The summed E-state index contributed by atoms with van der Waals surface area (Å²) in [6.45, 7) is 2.06. The molecule has 0 radical (unpaired) electrons. The van der Waals surface area contributed by atoms with Gasteiger partial charge in [0.15, 0.2) is 0 Å². The molecule has 0 saturated heterocycles. The zero-order chi connectivity index (χ0) is 15.0. The molecule has 0 fully saturated rings. The van der Waals surface area contributed by atoms with Gasteiger partial charge in [0.1, 0.15) is 18.0 Å². The topological polar surface area (TPSA) is 46.8 Å². The lowest BCUT2D eigenvalue weighted by atomic mass is 10.1. The molecule has 0 aliphatic carbocycles. The van der Waals surface area contributed by atoms with Crippen LogP contribution in [-0.4, -0.2) is 26.8 Å². The molecule has 1 atom stereocenters. The molecule has 2 heterocycles. The van der Waals surface area contributed by atoms with E-state index in [4.69, 9.17) is 0 Å². The number of rotatable bonds is 3. The van der Waals surface area contributed by atoms with Crippen molar-refractivity contribution in [1.82, 2.24) is 19.7 Å². The molecular formula is C15H16FN5. The van der Waals surface area contributed by atoms with Gasteiger partial charge in [-0.15, -0.1) is 0 Å². The first kappa shape index (κ1) is 13.5. The van der Waals surface area contributed by atoms with E-state index in [1.165, 1.54) is 18.5 Å². The van der Waals surface area contributed by atoms with Crippen molar-refractivity contribution in [3.05, 3.63) is 48.3 Å². The lowest BCUT2D eigenvalue weighted by Gasteiger charge is -2.26. The highest BCUT2D eigenvalue weighted by molar-refractivity contribution is 5.89. The molecule has 108 valence electrons. The predicted molar refractivity (Wildman–Crippen MR) is 79.5 cm³/mol. The minimum atomic E-state index is -0.291. The molecule has 2 aromatic heterocycles. The van der Waals surface area contributed by atoms with Crippen LogP contribution in [0.5, 0.6) is 0 Å². The van der Waals surface area contributed by atoms with Crippen LogP contribution in [0.2, 0.25) is 0 Å². The van der Waals surface area contributed by atoms with Crippen molar-refractivity contribution in [2.45, 2.75) is 13.0 Å². The second-order valence-corrected chi connectivity index (χ2v) is 5.09. The van der Waals surface area contributed by atoms with Crippen molar-refractivity contribution in [2.75, 3.05) is 11.9 Å². The van der Waals surface area contributed by atoms with E-state index in [0.29, 0.717) is 11.2 Å². The maximum absolute atomic E-state index is 13.5. The second kappa shape index (κ2) is 5.12. The number of benzene rings is 1. The Morgan fingerprint density at radius 2 is 2.10 bits per heavy atom. The van der Waals surface area contributed by atoms with Crippen molar-refractivity contribution >= 4 is 16.7 Å². The Bertz CT molecular complexity index is 783. The van der Waals surface area contributed by atoms with Gasteiger partial charge in [0.25, 0.3) is 0 Å². The Balaban J connectivity index is 2.05. The summed E-state index contributed by atoms with van der Waals surface area (Å²) in [7, 11) is 3.82. The van der Waals surface area contributed by atoms with E-state index in [1.807, 2.05) is 31.4 Å². The van der Waals surface area contributed by atoms with Crippen LogP contribution in [0.1, 0.15) is 18.5 Å². The minimum Gasteiger partial charge on any atom is -0.352 e. The number of aryl methyl sites for hydroxylation is 1. The molecule has 3 aromatic rings. The van der Waals surface area contributed by atoms with E-state index in [-0.39, 0.29) is 11.9 Å². The number of hydrogen-bond acceptors (Lipinski definition) is 4. The summed E-state index contributed by atoms with van der Waals surface area (Å²) in [6, 6.07) is 4.61. The Labute approximate surface area is 122 Å². The van der Waals surface area contributed by atoms with Crippen LogP contribution in [0.4, 0.5) is 10.2 Å². The van der Waals surface area contributed by atoms with Gasteiger partial charge >= 0.3 is 0 Å². The zero-order valence-electron chi connectivity index (χ0n) is 12.2. The molecule has 0 aliphatic heterocycles. The monoisotopic (exact) mass is 285 g/mol. The molecule has 0 saturated carbocycles. The number of anilines is 1. The molecule has 0 amide bonds. The van der Waals surface area contributed by atoms with Crippen LogP contribution in [0, 0.1) is 5.82 Å². The standard InChI is InChI=1S/C15H16FN5/c1-10(11-7-19-20(2)8-11)21(3)15-13-6-12(16)4-5-14(13)17-9-18-15/h4-10H,1-3H3/t10-/m1/s1. The normalized spacial score (nSPS) is 12.6. The van der Waals surface area contributed by atoms with Crippen molar-refractivity contribution in [3.8, 4) is 0 Å². The van der Waals surface area contributed by atoms with Gasteiger partial charge in [-0.25, -0.2) is 14.4 Å². The Morgan fingerprint density at radius 3 is 2.81 bits per heavy atom. The first-order valence-corrected chi connectivity index (χ1v) is 6.68. The highest BCUT2D eigenvalue weighted by atomic mass is 19.1. The SMILES string of the molecule is C[C@H](c1cnn(C)c1)N(C)c1ncnc2ccc(F)cc12. The Morgan fingerprint density at radius 1 is 1.29 bits per heavy atom. The highest BCUT2D eigenvalue weighted by Crippen LogP contribution is 2.29. The molecule has 0 spiro atoms. The van der Waals surface area contributed by atoms with Crippen LogP contribution in [0.25, 0.3) is 10.9 Å². The lowest BCUT2D eigenvalue weighted by molar-refractivity contribution is 0.629. The van der Waals surface area contributed by atoms with Gasteiger partial charge in [-0.1, -0.05) is 0 Å². The van der Waals surface area contributed by atoms with Crippen LogP contribution >= 0.6 is 0 Å². The van der Waals surface area contributed by atoms with Crippen molar-refractivity contribution in [1.29, 1.82) is 0 Å².